The summed E-state index contributed by atoms with van der Waals surface area (Å²) in [4.78, 5) is 2.50. The van der Waals surface area contributed by atoms with Crippen LogP contribution in [0.5, 0.6) is 0 Å². The minimum Gasteiger partial charge on any atom is -0.310 e. The van der Waals surface area contributed by atoms with Crippen molar-refractivity contribution in [1.29, 1.82) is 0 Å². The van der Waals surface area contributed by atoms with E-state index in [4.69, 9.17) is 0 Å². The number of hydrogen-bond donors (Lipinski definition) is 0. The molecule has 3 unspecified atom stereocenters. The molecule has 4 aliphatic rings. The Labute approximate surface area is 383 Å². The first-order chi connectivity index (χ1) is 32.0. The SMILES string of the molecule is CC1(C)c2ccccc2-c2cccc(-c3ccc(N(c4ccc(-c5ccccc5-c5ccc(-c6ccccc6)cc5)cc4)c4ccc5c(c4)C4(CC6CCC4C6)c4ccccc4-5)cc3)c21. The molecule has 2 bridgehead atoms. The number of nitrogens with zero attached hydrogens (tertiary/aromatic N) is 1. The molecule has 4 aliphatic carbocycles. The Morgan fingerprint density at radius 2 is 0.846 bits per heavy atom. The lowest BCUT2D eigenvalue weighted by atomic mass is 9.67. The molecule has 0 saturated heterocycles. The van der Waals surface area contributed by atoms with Crippen LogP contribution >= 0.6 is 0 Å². The molecule has 1 spiro atoms. The third-order valence-corrected chi connectivity index (χ3v) is 16.0. The predicted molar refractivity (Wildman–Crippen MR) is 272 cm³/mol. The van der Waals surface area contributed by atoms with Crippen LogP contribution in [0.1, 0.15) is 61.8 Å². The molecule has 3 atom stereocenters. The smallest absolute Gasteiger partial charge is 0.0465 e. The Balaban J connectivity index is 0.913. The summed E-state index contributed by atoms with van der Waals surface area (Å²) in [5.74, 6) is 1.52. The molecule has 9 aromatic carbocycles. The van der Waals surface area contributed by atoms with Crippen molar-refractivity contribution in [3.05, 3.63) is 235 Å². The molecular formula is C64H51N. The van der Waals surface area contributed by atoms with Gasteiger partial charge in [0.05, 0.1) is 0 Å². The summed E-state index contributed by atoms with van der Waals surface area (Å²) in [7, 11) is 0. The molecule has 0 amide bonds. The van der Waals surface area contributed by atoms with E-state index in [9.17, 15) is 0 Å². The fourth-order valence-electron chi connectivity index (χ4n) is 13.1. The van der Waals surface area contributed by atoms with Crippen LogP contribution in [0.4, 0.5) is 17.1 Å². The van der Waals surface area contributed by atoms with E-state index in [1.54, 1.807) is 5.56 Å². The molecule has 0 aromatic heterocycles. The molecule has 13 rings (SSSR count). The zero-order valence-electron chi connectivity index (χ0n) is 37.1. The first-order valence-electron chi connectivity index (χ1n) is 23.7. The van der Waals surface area contributed by atoms with Gasteiger partial charge in [-0.2, -0.15) is 0 Å². The molecule has 1 nitrogen and oxygen atoms in total. The van der Waals surface area contributed by atoms with Crippen molar-refractivity contribution < 1.29 is 0 Å². The molecule has 2 saturated carbocycles. The Morgan fingerprint density at radius 3 is 1.48 bits per heavy atom. The van der Waals surface area contributed by atoms with Crippen molar-refractivity contribution in [2.75, 3.05) is 4.90 Å². The van der Waals surface area contributed by atoms with E-state index < -0.39 is 0 Å². The second-order valence-electron chi connectivity index (χ2n) is 19.6. The monoisotopic (exact) mass is 833 g/mol. The summed E-state index contributed by atoms with van der Waals surface area (Å²) in [5, 5.41) is 0. The van der Waals surface area contributed by atoms with Crippen LogP contribution in [0, 0.1) is 11.8 Å². The van der Waals surface area contributed by atoms with Gasteiger partial charge in [0.1, 0.15) is 0 Å². The molecule has 0 heterocycles. The Hall–Kier alpha value is -7.22. The summed E-state index contributed by atoms with van der Waals surface area (Å²) < 4.78 is 0. The molecule has 0 N–H and O–H groups in total. The van der Waals surface area contributed by atoms with Gasteiger partial charge in [0.15, 0.2) is 0 Å². The van der Waals surface area contributed by atoms with Gasteiger partial charge in [-0.15, -0.1) is 0 Å². The molecular weight excluding hydrogens is 783 g/mol. The number of hydrogen-bond acceptors (Lipinski definition) is 1. The summed E-state index contributed by atoms with van der Waals surface area (Å²) in [6.07, 6.45) is 5.34. The van der Waals surface area contributed by atoms with Crippen molar-refractivity contribution in [3.8, 4) is 66.8 Å². The lowest BCUT2D eigenvalue weighted by Gasteiger charge is -2.37. The number of fused-ring (bicyclic) bond motifs is 11. The predicted octanol–water partition coefficient (Wildman–Crippen LogP) is 17.2. The standard InChI is InChI=1S/C64H51N/c1-63(2)59-21-10-8-18-56(59)58-20-12-19-54(62(58)63)47-30-35-50(36-31-47)65(51-37-38-57-55-17-9-11-22-60(55)64(61(57)40-51)41-42-23-32-48(64)39-42)49-33-28-46(29-34-49)53-16-7-6-15-52(53)45-26-24-44(25-27-45)43-13-4-3-5-14-43/h3-22,24-31,33-38,40,42,48H,23,32,39,41H2,1-2H3. The van der Waals surface area contributed by atoms with E-state index in [-0.39, 0.29) is 10.8 Å². The number of benzene rings is 9. The van der Waals surface area contributed by atoms with E-state index in [1.165, 1.54) is 115 Å². The topological polar surface area (TPSA) is 3.24 Å². The van der Waals surface area contributed by atoms with Gasteiger partial charge < -0.3 is 4.90 Å². The van der Waals surface area contributed by atoms with Gasteiger partial charge in [-0.25, -0.2) is 0 Å². The Kier molecular flexibility index (Phi) is 8.63. The van der Waals surface area contributed by atoms with Gasteiger partial charge in [0.2, 0.25) is 0 Å². The molecule has 312 valence electrons. The number of rotatable bonds is 7. The van der Waals surface area contributed by atoms with Gasteiger partial charge in [-0.3, -0.25) is 0 Å². The zero-order valence-corrected chi connectivity index (χ0v) is 37.1. The van der Waals surface area contributed by atoms with Crippen LogP contribution in [-0.4, -0.2) is 0 Å². The van der Waals surface area contributed by atoms with E-state index in [0.717, 1.165) is 17.3 Å². The van der Waals surface area contributed by atoms with E-state index >= 15 is 0 Å². The van der Waals surface area contributed by atoms with E-state index in [2.05, 4.69) is 231 Å². The quantitative estimate of drug-likeness (QED) is 0.155. The Bertz CT molecular complexity index is 3280. The highest BCUT2D eigenvalue weighted by atomic mass is 15.1. The first kappa shape index (κ1) is 38.3. The number of anilines is 3. The van der Waals surface area contributed by atoms with Gasteiger partial charge in [0.25, 0.3) is 0 Å². The summed E-state index contributed by atoms with van der Waals surface area (Å²) in [5.41, 5.74) is 25.0. The normalized spacial score (nSPS) is 19.2. The summed E-state index contributed by atoms with van der Waals surface area (Å²) >= 11 is 0. The minimum absolute atomic E-state index is 0.0865. The van der Waals surface area contributed by atoms with Gasteiger partial charge in [-0.1, -0.05) is 196 Å². The van der Waals surface area contributed by atoms with Gasteiger partial charge in [-0.05, 0) is 157 Å². The third kappa shape index (κ3) is 5.84. The minimum atomic E-state index is -0.0865. The van der Waals surface area contributed by atoms with Crippen LogP contribution in [0.25, 0.3) is 66.8 Å². The Morgan fingerprint density at radius 1 is 0.369 bits per heavy atom. The molecule has 9 aromatic rings. The lowest BCUT2D eigenvalue weighted by Crippen LogP contribution is -2.32. The first-order valence-corrected chi connectivity index (χ1v) is 23.7. The fraction of sp³-hybridized carbons (Fsp3) is 0.156. The van der Waals surface area contributed by atoms with Crippen LogP contribution in [-0.2, 0) is 10.8 Å². The van der Waals surface area contributed by atoms with E-state index in [0.29, 0.717) is 5.92 Å². The summed E-state index contributed by atoms with van der Waals surface area (Å²) in [6.45, 7) is 4.77. The fourth-order valence-corrected chi connectivity index (χ4v) is 13.1. The third-order valence-electron chi connectivity index (χ3n) is 16.0. The van der Waals surface area contributed by atoms with Gasteiger partial charge in [0, 0.05) is 27.9 Å². The highest BCUT2D eigenvalue weighted by Crippen LogP contribution is 2.66. The van der Waals surface area contributed by atoms with E-state index in [1.807, 2.05) is 0 Å². The maximum Gasteiger partial charge on any atom is 0.0465 e. The molecule has 1 heteroatoms. The van der Waals surface area contributed by atoms with Crippen LogP contribution in [0.15, 0.2) is 212 Å². The largest absolute Gasteiger partial charge is 0.310 e. The highest BCUT2D eigenvalue weighted by Gasteiger charge is 2.56. The van der Waals surface area contributed by atoms with Crippen LogP contribution in [0.3, 0.4) is 0 Å². The van der Waals surface area contributed by atoms with Crippen molar-refractivity contribution in [2.45, 2.75) is 50.4 Å². The molecule has 0 aliphatic heterocycles. The van der Waals surface area contributed by atoms with Crippen molar-refractivity contribution in [1.82, 2.24) is 0 Å². The highest BCUT2D eigenvalue weighted by molar-refractivity contribution is 5.91. The average molecular weight is 834 g/mol. The van der Waals surface area contributed by atoms with Crippen LogP contribution < -0.4 is 4.90 Å². The molecule has 65 heavy (non-hydrogen) atoms. The van der Waals surface area contributed by atoms with Crippen molar-refractivity contribution in [2.24, 2.45) is 11.8 Å². The van der Waals surface area contributed by atoms with Crippen LogP contribution in [0.2, 0.25) is 0 Å². The zero-order chi connectivity index (χ0) is 43.3. The maximum absolute atomic E-state index is 2.58. The van der Waals surface area contributed by atoms with Crippen molar-refractivity contribution >= 4 is 17.1 Å². The second-order valence-corrected chi connectivity index (χ2v) is 19.6. The van der Waals surface area contributed by atoms with Crippen molar-refractivity contribution in [3.63, 3.8) is 0 Å². The molecule has 0 radical (unpaired) electrons. The molecule has 2 fully saturated rings. The van der Waals surface area contributed by atoms with Gasteiger partial charge >= 0.3 is 0 Å². The maximum atomic E-state index is 2.58. The summed E-state index contributed by atoms with van der Waals surface area (Å²) in [6, 6.07) is 79.7. The second kappa shape index (κ2) is 14.7. The average Bonchev–Trinajstić information content (AvgIpc) is 4.12. The lowest BCUT2D eigenvalue weighted by molar-refractivity contribution is 0.327.